The predicted molar refractivity (Wildman–Crippen MR) is 73.5 cm³/mol. The second kappa shape index (κ2) is 5.04. The van der Waals surface area contributed by atoms with Gasteiger partial charge < -0.3 is 5.11 Å². The Kier molecular flexibility index (Phi) is 3.81. The van der Waals surface area contributed by atoms with Gasteiger partial charge in [-0.3, -0.25) is 4.68 Å². The van der Waals surface area contributed by atoms with Crippen LogP contribution >= 0.6 is 0 Å². The number of aliphatic hydroxyl groups is 1. The van der Waals surface area contributed by atoms with Crippen molar-refractivity contribution in [2.24, 2.45) is 11.8 Å². The van der Waals surface area contributed by atoms with Crippen LogP contribution in [-0.2, 0) is 13.0 Å². The van der Waals surface area contributed by atoms with Gasteiger partial charge in [-0.25, -0.2) is 0 Å². The lowest BCUT2D eigenvalue weighted by Crippen LogP contribution is -2.40. The predicted octanol–water partition coefficient (Wildman–Crippen LogP) is 2.94. The van der Waals surface area contributed by atoms with Crippen LogP contribution in [0.5, 0.6) is 0 Å². The average Bonchev–Trinajstić information content (AvgIpc) is 2.55. The highest BCUT2D eigenvalue weighted by molar-refractivity contribution is 5.12. The highest BCUT2D eigenvalue weighted by Crippen LogP contribution is 2.37. The minimum Gasteiger partial charge on any atom is -0.389 e. The van der Waals surface area contributed by atoms with Crippen LogP contribution in [0.2, 0.25) is 0 Å². The summed E-state index contributed by atoms with van der Waals surface area (Å²) < 4.78 is 2.03. The van der Waals surface area contributed by atoms with E-state index in [2.05, 4.69) is 31.9 Å². The third kappa shape index (κ3) is 2.94. The van der Waals surface area contributed by atoms with Crippen molar-refractivity contribution in [3.05, 3.63) is 17.5 Å². The summed E-state index contributed by atoms with van der Waals surface area (Å²) in [6, 6.07) is 2.12. The van der Waals surface area contributed by atoms with Crippen LogP contribution in [-0.4, -0.2) is 20.5 Å². The Morgan fingerprint density at radius 1 is 1.39 bits per heavy atom. The Bertz CT molecular complexity index is 401. The molecule has 0 amide bonds. The molecule has 2 rings (SSSR count). The van der Waals surface area contributed by atoms with Gasteiger partial charge in [-0.15, -0.1) is 0 Å². The number of rotatable bonds is 3. The molecule has 1 aliphatic carbocycles. The molecule has 18 heavy (non-hydrogen) atoms. The van der Waals surface area contributed by atoms with E-state index in [9.17, 15) is 5.11 Å². The minimum absolute atomic E-state index is 0.531. The lowest BCUT2D eigenvalue weighted by Gasteiger charge is -2.39. The fourth-order valence-electron chi connectivity index (χ4n) is 3.73. The average molecular weight is 250 g/mol. The third-order valence-corrected chi connectivity index (χ3v) is 4.06. The molecule has 2 unspecified atom stereocenters. The topological polar surface area (TPSA) is 38.0 Å². The molecule has 0 spiro atoms. The van der Waals surface area contributed by atoms with Crippen molar-refractivity contribution in [2.45, 2.75) is 65.5 Å². The Hall–Kier alpha value is -0.830. The quantitative estimate of drug-likeness (QED) is 0.895. The number of aromatic nitrogens is 2. The molecule has 1 heterocycles. The summed E-state index contributed by atoms with van der Waals surface area (Å²) in [5.41, 5.74) is 1.70. The first-order valence-electron chi connectivity index (χ1n) is 7.17. The van der Waals surface area contributed by atoms with Crippen molar-refractivity contribution < 1.29 is 5.11 Å². The van der Waals surface area contributed by atoms with Crippen molar-refractivity contribution >= 4 is 0 Å². The second-order valence-electron chi connectivity index (χ2n) is 6.35. The molecular weight excluding hydrogens is 224 g/mol. The zero-order valence-electron chi connectivity index (χ0n) is 12.1. The van der Waals surface area contributed by atoms with Gasteiger partial charge in [0, 0.05) is 18.7 Å². The summed E-state index contributed by atoms with van der Waals surface area (Å²) in [5, 5.41) is 15.3. The molecule has 1 N–H and O–H groups in total. The maximum atomic E-state index is 10.9. The Morgan fingerprint density at radius 3 is 2.56 bits per heavy atom. The van der Waals surface area contributed by atoms with Gasteiger partial charge in [0.1, 0.15) is 0 Å². The lowest BCUT2D eigenvalue weighted by atomic mass is 9.72. The normalized spacial score (nSPS) is 32.7. The van der Waals surface area contributed by atoms with Gasteiger partial charge >= 0.3 is 0 Å². The third-order valence-electron chi connectivity index (χ3n) is 4.06. The van der Waals surface area contributed by atoms with Crippen LogP contribution < -0.4 is 0 Å². The van der Waals surface area contributed by atoms with E-state index in [1.165, 1.54) is 12.1 Å². The highest BCUT2D eigenvalue weighted by Gasteiger charge is 2.36. The van der Waals surface area contributed by atoms with Crippen LogP contribution in [0.3, 0.4) is 0 Å². The van der Waals surface area contributed by atoms with E-state index >= 15 is 0 Å². The van der Waals surface area contributed by atoms with Crippen molar-refractivity contribution in [2.75, 3.05) is 0 Å². The summed E-state index contributed by atoms with van der Waals surface area (Å²) in [4.78, 5) is 0. The van der Waals surface area contributed by atoms with Crippen molar-refractivity contribution in [1.29, 1.82) is 0 Å². The van der Waals surface area contributed by atoms with Gasteiger partial charge in [0.05, 0.1) is 11.3 Å². The minimum atomic E-state index is -0.531. The molecule has 1 aromatic rings. The van der Waals surface area contributed by atoms with Gasteiger partial charge in [0.15, 0.2) is 0 Å². The summed E-state index contributed by atoms with van der Waals surface area (Å²) in [6.07, 6.45) is 3.83. The molecule has 0 aliphatic heterocycles. The SMILES string of the molecule is CCn1nc(C)cc1CC1(O)CC(C)CC(C)C1. The number of aryl methyl sites for hydroxylation is 2. The maximum Gasteiger partial charge on any atom is 0.0708 e. The molecule has 0 saturated heterocycles. The fourth-order valence-corrected chi connectivity index (χ4v) is 3.73. The Balaban J connectivity index is 2.16. The molecule has 102 valence electrons. The summed E-state index contributed by atoms with van der Waals surface area (Å²) in [6.45, 7) is 9.51. The first-order valence-corrected chi connectivity index (χ1v) is 7.17. The molecule has 0 radical (unpaired) electrons. The van der Waals surface area contributed by atoms with Crippen LogP contribution in [0.15, 0.2) is 6.07 Å². The van der Waals surface area contributed by atoms with E-state index in [4.69, 9.17) is 0 Å². The van der Waals surface area contributed by atoms with E-state index in [1.807, 2.05) is 11.6 Å². The van der Waals surface area contributed by atoms with Crippen molar-refractivity contribution in [1.82, 2.24) is 9.78 Å². The van der Waals surface area contributed by atoms with Crippen molar-refractivity contribution in [3.8, 4) is 0 Å². The van der Waals surface area contributed by atoms with Crippen LogP contribution in [0, 0.1) is 18.8 Å². The fraction of sp³-hybridized carbons (Fsp3) is 0.800. The number of hydrogen-bond acceptors (Lipinski definition) is 2. The lowest BCUT2D eigenvalue weighted by molar-refractivity contribution is -0.0318. The Labute approximate surface area is 110 Å². The van der Waals surface area contributed by atoms with Crippen molar-refractivity contribution in [3.63, 3.8) is 0 Å². The molecule has 3 nitrogen and oxygen atoms in total. The molecule has 0 aromatic carbocycles. The van der Waals surface area contributed by atoms with E-state index in [0.717, 1.165) is 31.5 Å². The smallest absolute Gasteiger partial charge is 0.0708 e. The molecule has 1 aliphatic rings. The standard InChI is InChI=1S/C15H26N2O/c1-5-17-14(7-13(4)16-17)10-15(18)8-11(2)6-12(3)9-15/h7,11-12,18H,5-6,8-10H2,1-4H3. The molecule has 1 aromatic heterocycles. The first-order chi connectivity index (χ1) is 8.42. The second-order valence-corrected chi connectivity index (χ2v) is 6.35. The van der Waals surface area contributed by atoms with Gasteiger partial charge in [-0.1, -0.05) is 13.8 Å². The first kappa shape index (κ1) is 13.6. The Morgan fingerprint density at radius 2 is 2.00 bits per heavy atom. The summed E-state index contributed by atoms with van der Waals surface area (Å²) >= 11 is 0. The van der Waals surface area contributed by atoms with E-state index in [0.29, 0.717) is 11.8 Å². The highest BCUT2D eigenvalue weighted by atomic mass is 16.3. The van der Waals surface area contributed by atoms with E-state index in [1.54, 1.807) is 0 Å². The van der Waals surface area contributed by atoms with Crippen LogP contribution in [0.1, 0.15) is 51.4 Å². The summed E-state index contributed by atoms with van der Waals surface area (Å²) in [7, 11) is 0. The maximum absolute atomic E-state index is 10.9. The molecule has 0 bridgehead atoms. The molecule has 1 fully saturated rings. The van der Waals surface area contributed by atoms with E-state index in [-0.39, 0.29) is 0 Å². The largest absolute Gasteiger partial charge is 0.389 e. The van der Waals surface area contributed by atoms with Gasteiger partial charge in [-0.05, 0) is 51.0 Å². The van der Waals surface area contributed by atoms with Gasteiger partial charge in [0.25, 0.3) is 0 Å². The van der Waals surface area contributed by atoms with E-state index < -0.39 is 5.60 Å². The zero-order chi connectivity index (χ0) is 13.3. The van der Waals surface area contributed by atoms with Crippen LogP contribution in [0.25, 0.3) is 0 Å². The summed E-state index contributed by atoms with van der Waals surface area (Å²) in [5.74, 6) is 1.25. The molecular formula is C15H26N2O. The zero-order valence-corrected chi connectivity index (χ0v) is 12.1. The van der Waals surface area contributed by atoms with Crippen LogP contribution in [0.4, 0.5) is 0 Å². The van der Waals surface area contributed by atoms with Gasteiger partial charge in [-0.2, -0.15) is 5.10 Å². The molecule has 3 heteroatoms. The molecule has 2 atom stereocenters. The number of nitrogens with zero attached hydrogens (tertiary/aromatic N) is 2. The number of hydrogen-bond donors (Lipinski definition) is 1. The van der Waals surface area contributed by atoms with Gasteiger partial charge in [0.2, 0.25) is 0 Å². The molecule has 1 saturated carbocycles. The monoisotopic (exact) mass is 250 g/mol.